The van der Waals surface area contributed by atoms with Gasteiger partial charge in [-0.15, -0.1) is 0 Å². The molecule has 0 fully saturated rings. The number of rotatable bonds is 2. The molecule has 2 nitrogen and oxygen atoms in total. The summed E-state index contributed by atoms with van der Waals surface area (Å²) in [7, 11) is 0. The summed E-state index contributed by atoms with van der Waals surface area (Å²) in [5.41, 5.74) is 4.91. The number of benzene rings is 3. The topological polar surface area (TPSA) is 40.5 Å². The van der Waals surface area contributed by atoms with Crippen molar-refractivity contribution < 1.29 is 10.2 Å². The number of hydrogen-bond acceptors (Lipinski definition) is 2. The molecule has 0 bridgehead atoms. The molecule has 0 aromatic heterocycles. The zero-order chi connectivity index (χ0) is 14.8. The van der Waals surface area contributed by atoms with Gasteiger partial charge in [-0.3, -0.25) is 0 Å². The van der Waals surface area contributed by atoms with Crippen LogP contribution in [0.4, 0.5) is 0 Å². The van der Waals surface area contributed by atoms with Gasteiger partial charge >= 0.3 is 0 Å². The van der Waals surface area contributed by atoms with Crippen LogP contribution in [0.1, 0.15) is 5.56 Å². The standard InChI is InChI=1S/C19H16O2/c1-13-12-15(14-6-3-2-4-7-14)10-11-16(13)17-8-5-9-18(20)19(17)21/h2-12,20-21H,1H3. The largest absolute Gasteiger partial charge is 0.504 e. The highest BCUT2D eigenvalue weighted by Gasteiger charge is 2.11. The molecule has 0 radical (unpaired) electrons. The third-order valence-corrected chi connectivity index (χ3v) is 3.64. The van der Waals surface area contributed by atoms with Crippen LogP contribution in [0.25, 0.3) is 22.3 Å². The molecule has 0 heterocycles. The molecule has 2 heteroatoms. The molecule has 2 N–H and O–H groups in total. The Morgan fingerprint density at radius 1 is 0.667 bits per heavy atom. The maximum absolute atomic E-state index is 10.0. The Morgan fingerprint density at radius 2 is 1.43 bits per heavy atom. The number of phenols is 2. The van der Waals surface area contributed by atoms with Crippen molar-refractivity contribution >= 4 is 0 Å². The maximum atomic E-state index is 10.0. The Hall–Kier alpha value is -2.74. The average molecular weight is 276 g/mol. The first kappa shape index (κ1) is 13.3. The molecule has 0 aliphatic carbocycles. The van der Waals surface area contributed by atoms with E-state index in [0.29, 0.717) is 5.56 Å². The number of phenolic OH excluding ortho intramolecular Hbond substituents is 2. The van der Waals surface area contributed by atoms with Crippen LogP contribution in [0.2, 0.25) is 0 Å². The van der Waals surface area contributed by atoms with Gasteiger partial charge in [-0.1, -0.05) is 60.7 Å². The number of hydrogen-bond donors (Lipinski definition) is 2. The molecule has 0 unspecified atom stereocenters. The van der Waals surface area contributed by atoms with Crippen molar-refractivity contribution in [1.82, 2.24) is 0 Å². The van der Waals surface area contributed by atoms with Crippen LogP contribution >= 0.6 is 0 Å². The van der Waals surface area contributed by atoms with Gasteiger partial charge in [0.25, 0.3) is 0 Å². The van der Waals surface area contributed by atoms with Crippen LogP contribution in [0.3, 0.4) is 0 Å². The van der Waals surface area contributed by atoms with Gasteiger partial charge in [0.15, 0.2) is 11.5 Å². The van der Waals surface area contributed by atoms with Crippen LogP contribution in [-0.4, -0.2) is 10.2 Å². The van der Waals surface area contributed by atoms with E-state index < -0.39 is 0 Å². The van der Waals surface area contributed by atoms with Gasteiger partial charge in [-0.25, -0.2) is 0 Å². The second-order valence-electron chi connectivity index (χ2n) is 5.07. The van der Waals surface area contributed by atoms with Crippen LogP contribution in [0.15, 0.2) is 66.7 Å². The van der Waals surface area contributed by atoms with Gasteiger partial charge < -0.3 is 10.2 Å². The average Bonchev–Trinajstić information content (AvgIpc) is 2.51. The van der Waals surface area contributed by atoms with E-state index in [0.717, 1.165) is 22.3 Å². The van der Waals surface area contributed by atoms with Crippen molar-refractivity contribution in [2.24, 2.45) is 0 Å². The fraction of sp³-hybridized carbons (Fsp3) is 0.0526. The highest BCUT2D eigenvalue weighted by Crippen LogP contribution is 2.38. The molecule has 21 heavy (non-hydrogen) atoms. The van der Waals surface area contributed by atoms with Crippen molar-refractivity contribution in [3.05, 3.63) is 72.3 Å². The maximum Gasteiger partial charge on any atom is 0.165 e. The van der Waals surface area contributed by atoms with E-state index in [1.807, 2.05) is 37.3 Å². The first-order chi connectivity index (χ1) is 10.2. The molecule has 0 atom stereocenters. The summed E-state index contributed by atoms with van der Waals surface area (Å²) in [6.45, 7) is 2.01. The lowest BCUT2D eigenvalue weighted by atomic mass is 9.95. The summed E-state index contributed by atoms with van der Waals surface area (Å²) in [6, 6.07) is 21.3. The third-order valence-electron chi connectivity index (χ3n) is 3.64. The minimum Gasteiger partial charge on any atom is -0.504 e. The van der Waals surface area contributed by atoms with E-state index >= 15 is 0 Å². The van der Waals surface area contributed by atoms with Crippen LogP contribution in [0, 0.1) is 6.92 Å². The van der Waals surface area contributed by atoms with E-state index in [-0.39, 0.29) is 11.5 Å². The lowest BCUT2D eigenvalue weighted by Gasteiger charge is -2.11. The van der Waals surface area contributed by atoms with E-state index in [1.165, 1.54) is 6.07 Å². The lowest BCUT2D eigenvalue weighted by Crippen LogP contribution is -1.86. The van der Waals surface area contributed by atoms with Gasteiger partial charge in [0, 0.05) is 5.56 Å². The highest BCUT2D eigenvalue weighted by molar-refractivity contribution is 5.78. The van der Waals surface area contributed by atoms with Gasteiger partial charge in [-0.2, -0.15) is 0 Å². The third kappa shape index (κ3) is 2.48. The summed E-state index contributed by atoms with van der Waals surface area (Å²) in [5.74, 6) is -0.174. The highest BCUT2D eigenvalue weighted by atomic mass is 16.3. The predicted octanol–water partition coefficient (Wildman–Crippen LogP) is 4.74. The van der Waals surface area contributed by atoms with Crippen LogP contribution in [-0.2, 0) is 0 Å². The summed E-state index contributed by atoms with van der Waals surface area (Å²) in [6.07, 6.45) is 0. The first-order valence-electron chi connectivity index (χ1n) is 6.84. The lowest BCUT2D eigenvalue weighted by molar-refractivity contribution is 0.405. The smallest absolute Gasteiger partial charge is 0.165 e. The summed E-state index contributed by atoms with van der Waals surface area (Å²) in [4.78, 5) is 0. The molecule has 0 saturated carbocycles. The Balaban J connectivity index is 2.09. The quantitative estimate of drug-likeness (QED) is 0.664. The van der Waals surface area contributed by atoms with Crippen LogP contribution in [0.5, 0.6) is 11.5 Å². The zero-order valence-electron chi connectivity index (χ0n) is 11.7. The molecule has 0 spiro atoms. The van der Waals surface area contributed by atoms with E-state index in [9.17, 15) is 10.2 Å². The van der Waals surface area contributed by atoms with E-state index in [1.54, 1.807) is 12.1 Å². The van der Waals surface area contributed by atoms with Crippen LogP contribution < -0.4 is 0 Å². The first-order valence-corrected chi connectivity index (χ1v) is 6.84. The number of aromatic hydroxyl groups is 2. The van der Waals surface area contributed by atoms with E-state index in [2.05, 4.69) is 18.2 Å². The van der Waals surface area contributed by atoms with Crippen molar-refractivity contribution in [3.8, 4) is 33.8 Å². The fourth-order valence-electron chi connectivity index (χ4n) is 2.52. The van der Waals surface area contributed by atoms with E-state index in [4.69, 9.17) is 0 Å². The monoisotopic (exact) mass is 276 g/mol. The Morgan fingerprint density at radius 3 is 2.14 bits per heavy atom. The Kier molecular flexibility index (Phi) is 3.36. The Labute approximate surface area is 123 Å². The molecule has 3 aromatic rings. The number of para-hydroxylation sites is 1. The zero-order valence-corrected chi connectivity index (χ0v) is 11.7. The SMILES string of the molecule is Cc1cc(-c2ccccc2)ccc1-c1cccc(O)c1O. The van der Waals surface area contributed by atoms with Gasteiger partial charge in [0.1, 0.15) is 0 Å². The minimum absolute atomic E-state index is 0.0759. The molecule has 0 saturated heterocycles. The minimum atomic E-state index is -0.0981. The van der Waals surface area contributed by atoms with Crippen molar-refractivity contribution in [2.75, 3.05) is 0 Å². The molecule has 0 amide bonds. The van der Waals surface area contributed by atoms with Gasteiger partial charge in [0.05, 0.1) is 0 Å². The fourth-order valence-corrected chi connectivity index (χ4v) is 2.52. The number of aryl methyl sites for hydroxylation is 1. The molecule has 0 aliphatic rings. The van der Waals surface area contributed by atoms with Gasteiger partial charge in [0.2, 0.25) is 0 Å². The molecule has 104 valence electrons. The van der Waals surface area contributed by atoms with Crippen molar-refractivity contribution in [1.29, 1.82) is 0 Å². The molecular weight excluding hydrogens is 260 g/mol. The second-order valence-corrected chi connectivity index (χ2v) is 5.07. The van der Waals surface area contributed by atoms with Gasteiger partial charge in [-0.05, 0) is 35.2 Å². The predicted molar refractivity (Wildman–Crippen MR) is 85.4 cm³/mol. The molecular formula is C19H16O2. The summed E-state index contributed by atoms with van der Waals surface area (Å²) >= 11 is 0. The molecule has 3 rings (SSSR count). The Bertz CT molecular complexity index is 777. The van der Waals surface area contributed by atoms with Crippen molar-refractivity contribution in [3.63, 3.8) is 0 Å². The molecule has 0 aliphatic heterocycles. The second kappa shape index (κ2) is 5.33. The molecule has 3 aromatic carbocycles. The van der Waals surface area contributed by atoms with Crippen molar-refractivity contribution in [2.45, 2.75) is 6.92 Å². The summed E-state index contributed by atoms with van der Waals surface area (Å²) in [5, 5.41) is 19.6. The normalized spacial score (nSPS) is 10.5. The summed E-state index contributed by atoms with van der Waals surface area (Å²) < 4.78 is 0.